The van der Waals surface area contributed by atoms with Crippen molar-refractivity contribution in [2.24, 2.45) is 0 Å². The minimum atomic E-state index is 0.000688. The lowest BCUT2D eigenvalue weighted by atomic mass is 10.1. The first-order chi connectivity index (χ1) is 12.6. The van der Waals surface area contributed by atoms with Crippen LogP contribution in [0.1, 0.15) is 42.9 Å². The van der Waals surface area contributed by atoms with E-state index in [0.29, 0.717) is 18.7 Å². The molecule has 0 aliphatic rings. The minimum absolute atomic E-state index is 0.000688. The van der Waals surface area contributed by atoms with Gasteiger partial charge < -0.3 is 5.32 Å². The molecular weight excluding hydrogens is 322 g/mol. The van der Waals surface area contributed by atoms with Crippen LogP contribution in [0.3, 0.4) is 0 Å². The van der Waals surface area contributed by atoms with Crippen molar-refractivity contribution in [1.82, 2.24) is 4.90 Å². The fourth-order valence-corrected chi connectivity index (χ4v) is 2.87. The van der Waals surface area contributed by atoms with Crippen molar-refractivity contribution in [1.29, 1.82) is 5.26 Å². The summed E-state index contributed by atoms with van der Waals surface area (Å²) in [5, 5.41) is 11.9. The minimum Gasteiger partial charge on any atom is -0.325 e. The van der Waals surface area contributed by atoms with Crippen molar-refractivity contribution in [2.75, 3.05) is 18.4 Å². The quantitative estimate of drug-likeness (QED) is 0.678. The van der Waals surface area contributed by atoms with Crippen LogP contribution in [0.25, 0.3) is 0 Å². The number of anilines is 1. The molecular formula is C22H27N3O. The molecule has 26 heavy (non-hydrogen) atoms. The first-order valence-electron chi connectivity index (χ1n) is 9.18. The van der Waals surface area contributed by atoms with E-state index in [1.54, 1.807) is 0 Å². The van der Waals surface area contributed by atoms with Crippen LogP contribution in [-0.4, -0.2) is 23.9 Å². The number of nitrogens with one attached hydrogen (secondary N) is 1. The van der Waals surface area contributed by atoms with E-state index >= 15 is 0 Å². The van der Waals surface area contributed by atoms with Gasteiger partial charge in [0.25, 0.3) is 0 Å². The molecule has 0 unspecified atom stereocenters. The van der Waals surface area contributed by atoms with Crippen molar-refractivity contribution >= 4 is 11.6 Å². The van der Waals surface area contributed by atoms with Gasteiger partial charge in [0, 0.05) is 12.2 Å². The molecule has 2 rings (SSSR count). The zero-order valence-electron chi connectivity index (χ0n) is 15.7. The van der Waals surface area contributed by atoms with E-state index in [-0.39, 0.29) is 5.91 Å². The molecule has 1 amide bonds. The number of unbranched alkanes of at least 4 members (excludes halogenated alkanes) is 2. The first-order valence-corrected chi connectivity index (χ1v) is 9.18. The lowest BCUT2D eigenvalue weighted by Crippen LogP contribution is -2.33. The van der Waals surface area contributed by atoms with Crippen molar-refractivity contribution in [3.05, 3.63) is 65.2 Å². The van der Waals surface area contributed by atoms with Crippen LogP contribution in [0.2, 0.25) is 0 Å². The number of nitrogens with zero attached hydrogens (tertiary/aromatic N) is 2. The molecule has 2 aromatic carbocycles. The van der Waals surface area contributed by atoms with Gasteiger partial charge in [-0.15, -0.1) is 0 Å². The van der Waals surface area contributed by atoms with Gasteiger partial charge in [0.15, 0.2) is 0 Å². The third-order valence-electron chi connectivity index (χ3n) is 4.24. The first kappa shape index (κ1) is 19.7. The highest BCUT2D eigenvalue weighted by atomic mass is 16.2. The summed E-state index contributed by atoms with van der Waals surface area (Å²) in [6, 6.07) is 17.6. The summed E-state index contributed by atoms with van der Waals surface area (Å²) in [5.74, 6) is 0.000688. The van der Waals surface area contributed by atoms with Crippen LogP contribution >= 0.6 is 0 Å². The molecule has 4 nitrogen and oxygen atoms in total. The monoisotopic (exact) mass is 349 g/mol. The van der Waals surface area contributed by atoms with Gasteiger partial charge in [-0.3, -0.25) is 9.69 Å². The van der Waals surface area contributed by atoms with E-state index in [1.165, 1.54) is 0 Å². The second-order valence-electron chi connectivity index (χ2n) is 6.64. The fraction of sp³-hybridized carbons (Fsp3) is 0.364. The normalized spacial score (nSPS) is 10.5. The summed E-state index contributed by atoms with van der Waals surface area (Å²) in [7, 11) is 0. The standard InChI is InChI=1S/C22H27N3O/c1-3-4-5-13-25(16-20-11-9-19(15-23)10-12-20)17-22(26)24-21-8-6-7-18(2)14-21/h6-12,14H,3-5,13,16-17H2,1-2H3,(H,24,26). The number of hydrogen-bond acceptors (Lipinski definition) is 3. The number of benzene rings is 2. The Labute approximate surface area is 156 Å². The lowest BCUT2D eigenvalue weighted by molar-refractivity contribution is -0.117. The van der Waals surface area contributed by atoms with Crippen molar-refractivity contribution in [3.63, 3.8) is 0 Å². The molecule has 0 heterocycles. The van der Waals surface area contributed by atoms with E-state index in [9.17, 15) is 4.79 Å². The Morgan fingerprint density at radius 2 is 1.92 bits per heavy atom. The third-order valence-corrected chi connectivity index (χ3v) is 4.24. The lowest BCUT2D eigenvalue weighted by Gasteiger charge is -2.22. The average molecular weight is 349 g/mol. The molecule has 0 fully saturated rings. The van der Waals surface area contributed by atoms with E-state index in [4.69, 9.17) is 5.26 Å². The number of amides is 1. The van der Waals surface area contributed by atoms with Crippen LogP contribution in [0, 0.1) is 18.3 Å². The van der Waals surface area contributed by atoms with Crippen molar-refractivity contribution in [3.8, 4) is 6.07 Å². The molecule has 1 N–H and O–H groups in total. The van der Waals surface area contributed by atoms with Crippen LogP contribution in [0.15, 0.2) is 48.5 Å². The van der Waals surface area contributed by atoms with E-state index in [0.717, 1.165) is 42.6 Å². The Bertz CT molecular complexity index is 747. The predicted octanol–water partition coefficient (Wildman–Crippen LogP) is 4.50. The zero-order chi connectivity index (χ0) is 18.8. The fourth-order valence-electron chi connectivity index (χ4n) is 2.87. The summed E-state index contributed by atoms with van der Waals surface area (Å²) in [6.07, 6.45) is 3.38. The molecule has 0 aliphatic heterocycles. The molecule has 136 valence electrons. The number of hydrogen-bond donors (Lipinski definition) is 1. The molecule has 0 saturated carbocycles. The number of carbonyl (C=O) groups excluding carboxylic acids is 1. The summed E-state index contributed by atoms with van der Waals surface area (Å²) < 4.78 is 0. The zero-order valence-corrected chi connectivity index (χ0v) is 15.7. The number of carbonyl (C=O) groups is 1. The van der Waals surface area contributed by atoms with Gasteiger partial charge in [-0.05, 0) is 55.3 Å². The van der Waals surface area contributed by atoms with Gasteiger partial charge in [0.05, 0.1) is 18.2 Å². The summed E-state index contributed by atoms with van der Waals surface area (Å²) in [5.41, 5.74) is 3.73. The maximum Gasteiger partial charge on any atom is 0.238 e. The highest BCUT2D eigenvalue weighted by molar-refractivity contribution is 5.92. The Kier molecular flexibility index (Phi) is 7.85. The Morgan fingerprint density at radius 1 is 1.15 bits per heavy atom. The molecule has 0 bridgehead atoms. The van der Waals surface area contributed by atoms with Crippen LogP contribution in [-0.2, 0) is 11.3 Å². The second kappa shape index (κ2) is 10.4. The van der Waals surface area contributed by atoms with Crippen LogP contribution in [0.4, 0.5) is 5.69 Å². The Morgan fingerprint density at radius 3 is 2.58 bits per heavy atom. The molecule has 0 atom stereocenters. The highest BCUT2D eigenvalue weighted by Gasteiger charge is 2.12. The summed E-state index contributed by atoms with van der Waals surface area (Å²) >= 11 is 0. The number of aryl methyl sites for hydroxylation is 1. The summed E-state index contributed by atoms with van der Waals surface area (Å²) in [6.45, 7) is 6.14. The third kappa shape index (κ3) is 6.70. The summed E-state index contributed by atoms with van der Waals surface area (Å²) in [4.78, 5) is 14.6. The largest absolute Gasteiger partial charge is 0.325 e. The predicted molar refractivity (Wildman–Crippen MR) is 106 cm³/mol. The van der Waals surface area contributed by atoms with Gasteiger partial charge >= 0.3 is 0 Å². The average Bonchev–Trinajstić information content (AvgIpc) is 2.62. The second-order valence-corrected chi connectivity index (χ2v) is 6.64. The van der Waals surface area contributed by atoms with Gasteiger partial charge in [-0.25, -0.2) is 0 Å². The van der Waals surface area contributed by atoms with Crippen molar-refractivity contribution < 1.29 is 4.79 Å². The topological polar surface area (TPSA) is 56.1 Å². The SMILES string of the molecule is CCCCCN(CC(=O)Nc1cccc(C)c1)Cc1ccc(C#N)cc1. The van der Waals surface area contributed by atoms with E-state index in [1.807, 2.05) is 55.5 Å². The Balaban J connectivity index is 1.98. The number of rotatable bonds is 9. The maximum atomic E-state index is 12.5. The van der Waals surface area contributed by atoms with Gasteiger partial charge in [0.2, 0.25) is 5.91 Å². The molecule has 0 spiro atoms. The molecule has 4 heteroatoms. The van der Waals surface area contributed by atoms with Gasteiger partial charge in [0.1, 0.15) is 0 Å². The smallest absolute Gasteiger partial charge is 0.238 e. The van der Waals surface area contributed by atoms with Crippen molar-refractivity contribution in [2.45, 2.75) is 39.7 Å². The van der Waals surface area contributed by atoms with Crippen LogP contribution in [0.5, 0.6) is 0 Å². The van der Waals surface area contributed by atoms with E-state index in [2.05, 4.69) is 23.2 Å². The van der Waals surface area contributed by atoms with Crippen LogP contribution < -0.4 is 5.32 Å². The Hall–Kier alpha value is -2.64. The highest BCUT2D eigenvalue weighted by Crippen LogP contribution is 2.11. The molecule has 0 aromatic heterocycles. The number of nitriles is 1. The molecule has 0 saturated heterocycles. The molecule has 0 aliphatic carbocycles. The van der Waals surface area contributed by atoms with E-state index < -0.39 is 0 Å². The maximum absolute atomic E-state index is 12.5. The van der Waals surface area contributed by atoms with Gasteiger partial charge in [-0.2, -0.15) is 5.26 Å². The van der Waals surface area contributed by atoms with Gasteiger partial charge in [-0.1, -0.05) is 44.0 Å². The molecule has 0 radical (unpaired) electrons. The molecule has 2 aromatic rings.